The van der Waals surface area contributed by atoms with Gasteiger partial charge in [0.25, 0.3) is 0 Å². The molecule has 0 aliphatic heterocycles. The minimum Gasteiger partial charge on any atom is -0.326 e. The first kappa shape index (κ1) is 12.0. The first-order valence-corrected chi connectivity index (χ1v) is 6.75. The monoisotopic (exact) mass is 251 g/mol. The van der Waals surface area contributed by atoms with E-state index in [2.05, 4.69) is 4.72 Å². The van der Waals surface area contributed by atoms with Gasteiger partial charge in [0.05, 0.1) is 17.4 Å². The van der Waals surface area contributed by atoms with Gasteiger partial charge in [-0.05, 0) is 24.1 Å². The van der Waals surface area contributed by atoms with E-state index in [9.17, 15) is 8.42 Å². The number of nitrogens with two attached hydrogens (primary N) is 1. The van der Waals surface area contributed by atoms with Crippen molar-refractivity contribution >= 4 is 10.0 Å². The molecule has 0 saturated heterocycles. The number of hydrogen-bond acceptors (Lipinski definition) is 4. The van der Waals surface area contributed by atoms with Crippen molar-refractivity contribution in [2.45, 2.75) is 29.8 Å². The quantitative estimate of drug-likeness (QED) is 0.795. The predicted molar refractivity (Wildman–Crippen MR) is 62.5 cm³/mol. The van der Waals surface area contributed by atoms with Crippen LogP contribution in [0, 0.1) is 11.3 Å². The van der Waals surface area contributed by atoms with Gasteiger partial charge in [-0.3, -0.25) is 0 Å². The third-order valence-corrected chi connectivity index (χ3v) is 4.17. The third-order valence-electron chi connectivity index (χ3n) is 2.66. The summed E-state index contributed by atoms with van der Waals surface area (Å²) in [5.41, 5.74) is 6.35. The lowest BCUT2D eigenvalue weighted by molar-refractivity contribution is 0.580. The summed E-state index contributed by atoms with van der Waals surface area (Å²) < 4.78 is 26.3. The molecule has 90 valence electrons. The second kappa shape index (κ2) is 4.45. The van der Waals surface area contributed by atoms with Crippen molar-refractivity contribution in [1.29, 1.82) is 5.26 Å². The SMILES string of the molecule is N#CCc1ccc(S(=O)(=O)NC2CC2N)cc1. The number of nitrogens with zero attached hydrogens (tertiary/aromatic N) is 1. The number of sulfonamides is 1. The lowest BCUT2D eigenvalue weighted by Gasteiger charge is -2.06. The van der Waals surface area contributed by atoms with Crippen molar-refractivity contribution in [3.63, 3.8) is 0 Å². The van der Waals surface area contributed by atoms with Crippen LogP contribution >= 0.6 is 0 Å². The number of nitrogens with one attached hydrogen (secondary N) is 1. The Morgan fingerprint density at radius 3 is 2.47 bits per heavy atom. The maximum Gasteiger partial charge on any atom is 0.240 e. The van der Waals surface area contributed by atoms with Gasteiger partial charge in [0, 0.05) is 12.1 Å². The average molecular weight is 251 g/mol. The molecule has 0 amide bonds. The summed E-state index contributed by atoms with van der Waals surface area (Å²) in [4.78, 5) is 0.207. The molecule has 0 spiro atoms. The van der Waals surface area contributed by atoms with Gasteiger partial charge in [-0.15, -0.1) is 0 Å². The molecule has 6 heteroatoms. The van der Waals surface area contributed by atoms with Gasteiger partial charge in [-0.25, -0.2) is 13.1 Å². The van der Waals surface area contributed by atoms with Gasteiger partial charge < -0.3 is 5.73 Å². The molecule has 0 radical (unpaired) electrons. The first-order chi connectivity index (χ1) is 8.03. The van der Waals surface area contributed by atoms with E-state index >= 15 is 0 Å². The fourth-order valence-electron chi connectivity index (χ4n) is 1.50. The van der Waals surface area contributed by atoms with Gasteiger partial charge in [0.15, 0.2) is 0 Å². The Balaban J connectivity index is 2.13. The van der Waals surface area contributed by atoms with Crippen LogP contribution in [0.25, 0.3) is 0 Å². The van der Waals surface area contributed by atoms with E-state index in [1.165, 1.54) is 12.1 Å². The normalized spacial score (nSPS) is 23.1. The summed E-state index contributed by atoms with van der Waals surface area (Å²) in [7, 11) is -3.47. The Morgan fingerprint density at radius 2 is 2.00 bits per heavy atom. The van der Waals surface area contributed by atoms with Crippen LogP contribution < -0.4 is 10.5 Å². The number of benzene rings is 1. The van der Waals surface area contributed by atoms with Crippen LogP contribution in [0.4, 0.5) is 0 Å². The van der Waals surface area contributed by atoms with Crippen LogP contribution in [0.3, 0.4) is 0 Å². The number of hydrogen-bond donors (Lipinski definition) is 2. The molecule has 1 aliphatic rings. The van der Waals surface area contributed by atoms with Crippen LogP contribution in [-0.4, -0.2) is 20.5 Å². The Kier molecular flexibility index (Phi) is 3.15. The van der Waals surface area contributed by atoms with Crippen molar-refractivity contribution in [3.8, 4) is 6.07 Å². The average Bonchev–Trinajstić information content (AvgIpc) is 2.94. The second-order valence-electron chi connectivity index (χ2n) is 4.11. The van der Waals surface area contributed by atoms with E-state index in [1.54, 1.807) is 12.1 Å². The molecule has 17 heavy (non-hydrogen) atoms. The van der Waals surface area contributed by atoms with Crippen molar-refractivity contribution in [2.24, 2.45) is 5.73 Å². The summed E-state index contributed by atoms with van der Waals surface area (Å²) in [6.07, 6.45) is 0.965. The maximum atomic E-state index is 11.9. The second-order valence-corrected chi connectivity index (χ2v) is 5.82. The van der Waals surface area contributed by atoms with Crippen molar-refractivity contribution in [2.75, 3.05) is 0 Å². The summed E-state index contributed by atoms with van der Waals surface area (Å²) >= 11 is 0. The van der Waals surface area contributed by atoms with E-state index in [0.29, 0.717) is 6.42 Å². The van der Waals surface area contributed by atoms with E-state index in [4.69, 9.17) is 11.0 Å². The van der Waals surface area contributed by atoms with Gasteiger partial charge in [0.1, 0.15) is 0 Å². The molecule has 2 rings (SSSR count). The Morgan fingerprint density at radius 1 is 1.41 bits per heavy atom. The molecule has 1 aliphatic carbocycles. The Labute approximate surface area is 100 Å². The van der Waals surface area contributed by atoms with Crippen LogP contribution in [-0.2, 0) is 16.4 Å². The highest BCUT2D eigenvalue weighted by atomic mass is 32.2. The molecule has 1 aromatic rings. The highest BCUT2D eigenvalue weighted by molar-refractivity contribution is 7.89. The van der Waals surface area contributed by atoms with Gasteiger partial charge >= 0.3 is 0 Å². The van der Waals surface area contributed by atoms with Gasteiger partial charge in [-0.1, -0.05) is 12.1 Å². The van der Waals surface area contributed by atoms with E-state index < -0.39 is 10.0 Å². The zero-order valence-electron chi connectivity index (χ0n) is 9.13. The topological polar surface area (TPSA) is 96.0 Å². The molecule has 1 fully saturated rings. The highest BCUT2D eigenvalue weighted by Crippen LogP contribution is 2.21. The molecule has 1 aromatic carbocycles. The van der Waals surface area contributed by atoms with E-state index in [-0.39, 0.29) is 23.4 Å². The molecule has 0 aromatic heterocycles. The van der Waals surface area contributed by atoms with Crippen LogP contribution in [0.1, 0.15) is 12.0 Å². The summed E-state index contributed by atoms with van der Waals surface area (Å²) in [6, 6.07) is 8.09. The third kappa shape index (κ3) is 2.82. The molecule has 5 nitrogen and oxygen atoms in total. The summed E-state index contributed by atoms with van der Waals surface area (Å²) in [5, 5.41) is 8.51. The van der Waals surface area contributed by atoms with Crippen LogP contribution in [0.15, 0.2) is 29.2 Å². The predicted octanol–water partition coefficient (Wildman–Crippen LogP) is 0.131. The van der Waals surface area contributed by atoms with Crippen molar-refractivity contribution in [1.82, 2.24) is 4.72 Å². The molecule has 2 atom stereocenters. The number of nitriles is 1. The van der Waals surface area contributed by atoms with Crippen molar-refractivity contribution in [3.05, 3.63) is 29.8 Å². The van der Waals surface area contributed by atoms with Crippen LogP contribution in [0.5, 0.6) is 0 Å². The fourth-order valence-corrected chi connectivity index (χ4v) is 2.80. The standard InChI is InChI=1S/C11H13N3O2S/c12-6-5-8-1-3-9(4-2-8)17(15,16)14-11-7-10(11)13/h1-4,10-11,14H,5,7,13H2. The Hall–Kier alpha value is -1.42. The minimum atomic E-state index is -3.47. The van der Waals surface area contributed by atoms with Gasteiger partial charge in [-0.2, -0.15) is 5.26 Å². The molecular formula is C11H13N3O2S. The molecule has 2 unspecified atom stereocenters. The van der Waals surface area contributed by atoms with E-state index in [0.717, 1.165) is 5.56 Å². The lowest BCUT2D eigenvalue weighted by Crippen LogP contribution is -2.29. The zero-order valence-corrected chi connectivity index (χ0v) is 9.94. The van der Waals surface area contributed by atoms with Crippen LogP contribution in [0.2, 0.25) is 0 Å². The van der Waals surface area contributed by atoms with Gasteiger partial charge in [0.2, 0.25) is 10.0 Å². The first-order valence-electron chi connectivity index (χ1n) is 5.27. The molecule has 0 bridgehead atoms. The molecular weight excluding hydrogens is 238 g/mol. The smallest absolute Gasteiger partial charge is 0.240 e. The summed E-state index contributed by atoms with van der Waals surface area (Å²) in [5.74, 6) is 0. The lowest BCUT2D eigenvalue weighted by atomic mass is 10.2. The molecule has 3 N–H and O–H groups in total. The highest BCUT2D eigenvalue weighted by Gasteiger charge is 2.37. The number of rotatable bonds is 4. The Bertz CT molecular complexity index is 545. The maximum absolute atomic E-state index is 11.9. The fraction of sp³-hybridized carbons (Fsp3) is 0.364. The molecule has 1 saturated carbocycles. The largest absolute Gasteiger partial charge is 0.326 e. The minimum absolute atomic E-state index is 0.0670. The van der Waals surface area contributed by atoms with E-state index in [1.807, 2.05) is 6.07 Å². The zero-order chi connectivity index (χ0) is 12.5. The molecule has 0 heterocycles. The summed E-state index contributed by atoms with van der Waals surface area (Å²) in [6.45, 7) is 0. The van der Waals surface area contributed by atoms with Crippen molar-refractivity contribution < 1.29 is 8.42 Å².